The highest BCUT2D eigenvalue weighted by Gasteiger charge is 2.05. The summed E-state index contributed by atoms with van der Waals surface area (Å²) in [6.07, 6.45) is 3.77. The van der Waals surface area contributed by atoms with Crippen LogP contribution in [0, 0.1) is 0 Å². The van der Waals surface area contributed by atoms with Gasteiger partial charge in [-0.15, -0.1) is 0 Å². The largest absolute Gasteiger partial charge is 0.493 e. The number of ether oxygens (including phenoxy) is 2. The highest BCUT2D eigenvalue weighted by Crippen LogP contribution is 2.28. The number of para-hydroxylation sites is 1. The number of aldehydes is 1. The van der Waals surface area contributed by atoms with Gasteiger partial charge in [0.2, 0.25) is 5.91 Å². The first-order valence-electron chi connectivity index (χ1n) is 7.52. The molecule has 0 heterocycles. The van der Waals surface area contributed by atoms with Crippen LogP contribution in [-0.2, 0) is 4.79 Å². The van der Waals surface area contributed by atoms with E-state index in [4.69, 9.17) is 9.47 Å². The summed E-state index contributed by atoms with van der Waals surface area (Å²) >= 11 is 0. The molecule has 0 unspecified atom stereocenters. The first kappa shape index (κ1) is 17.3. The minimum absolute atomic E-state index is 0.321. The SMILES string of the molecule is CCOc1cc(/C=C/C(=O)Nc2ccccc2C=O)ccc1OC. The Kier molecular flexibility index (Phi) is 6.14. The Morgan fingerprint density at radius 1 is 1.17 bits per heavy atom. The third kappa shape index (κ3) is 4.46. The third-order valence-electron chi connectivity index (χ3n) is 3.26. The maximum Gasteiger partial charge on any atom is 0.248 e. The normalized spacial score (nSPS) is 10.4. The molecule has 2 aromatic rings. The van der Waals surface area contributed by atoms with Crippen molar-refractivity contribution in [3.63, 3.8) is 0 Å². The molecule has 0 aromatic heterocycles. The summed E-state index contributed by atoms with van der Waals surface area (Å²) in [4.78, 5) is 23.0. The molecule has 0 bridgehead atoms. The zero-order chi connectivity index (χ0) is 17.4. The zero-order valence-corrected chi connectivity index (χ0v) is 13.6. The number of hydrogen-bond donors (Lipinski definition) is 1. The van der Waals surface area contributed by atoms with Crippen LogP contribution in [0.15, 0.2) is 48.5 Å². The Morgan fingerprint density at radius 2 is 1.96 bits per heavy atom. The van der Waals surface area contributed by atoms with Gasteiger partial charge in [0.05, 0.1) is 19.4 Å². The summed E-state index contributed by atoms with van der Waals surface area (Å²) in [7, 11) is 1.57. The highest BCUT2D eigenvalue weighted by atomic mass is 16.5. The molecule has 0 atom stereocenters. The Morgan fingerprint density at radius 3 is 2.67 bits per heavy atom. The van der Waals surface area contributed by atoms with Gasteiger partial charge in [-0.3, -0.25) is 9.59 Å². The van der Waals surface area contributed by atoms with Gasteiger partial charge >= 0.3 is 0 Å². The van der Waals surface area contributed by atoms with Gasteiger partial charge in [0.1, 0.15) is 0 Å². The number of carbonyl (C=O) groups is 2. The van der Waals surface area contributed by atoms with Crippen LogP contribution < -0.4 is 14.8 Å². The number of nitrogens with one attached hydrogen (secondary N) is 1. The predicted molar refractivity (Wildman–Crippen MR) is 93.7 cm³/mol. The summed E-state index contributed by atoms with van der Waals surface area (Å²) in [5.41, 5.74) is 1.72. The van der Waals surface area contributed by atoms with Gasteiger partial charge in [-0.25, -0.2) is 0 Å². The van der Waals surface area contributed by atoms with Crippen LogP contribution in [0.4, 0.5) is 5.69 Å². The van der Waals surface area contributed by atoms with E-state index in [-0.39, 0.29) is 5.91 Å². The number of amides is 1. The fourth-order valence-corrected chi connectivity index (χ4v) is 2.13. The Balaban J connectivity index is 2.11. The quantitative estimate of drug-likeness (QED) is 0.624. The summed E-state index contributed by atoms with van der Waals surface area (Å²) in [6, 6.07) is 12.2. The molecule has 0 spiro atoms. The fraction of sp³-hybridized carbons (Fsp3) is 0.158. The van der Waals surface area contributed by atoms with E-state index >= 15 is 0 Å². The lowest BCUT2D eigenvalue weighted by atomic mass is 10.1. The zero-order valence-electron chi connectivity index (χ0n) is 13.6. The van der Waals surface area contributed by atoms with Crippen LogP contribution in [0.1, 0.15) is 22.8 Å². The Hall–Kier alpha value is -3.08. The number of hydrogen-bond acceptors (Lipinski definition) is 4. The molecule has 1 amide bonds. The third-order valence-corrected chi connectivity index (χ3v) is 3.26. The first-order chi connectivity index (χ1) is 11.7. The molecule has 124 valence electrons. The summed E-state index contributed by atoms with van der Waals surface area (Å²) in [5, 5.41) is 2.68. The molecule has 0 aliphatic rings. The fourth-order valence-electron chi connectivity index (χ4n) is 2.13. The molecule has 1 N–H and O–H groups in total. The minimum Gasteiger partial charge on any atom is -0.493 e. The lowest BCUT2D eigenvalue weighted by Gasteiger charge is -2.09. The lowest BCUT2D eigenvalue weighted by Crippen LogP contribution is -2.09. The molecule has 5 nitrogen and oxygen atoms in total. The van der Waals surface area contributed by atoms with Crippen molar-refractivity contribution in [1.29, 1.82) is 0 Å². The molecule has 5 heteroatoms. The highest BCUT2D eigenvalue weighted by molar-refractivity contribution is 6.04. The number of rotatable bonds is 7. The van der Waals surface area contributed by atoms with Gasteiger partial charge in [-0.1, -0.05) is 18.2 Å². The van der Waals surface area contributed by atoms with Crippen LogP contribution >= 0.6 is 0 Å². The second kappa shape index (κ2) is 8.53. The standard InChI is InChI=1S/C19H19NO4/c1-3-24-18-12-14(8-10-17(18)23-2)9-11-19(22)20-16-7-5-4-6-15(16)13-21/h4-13H,3H2,1-2H3,(H,20,22)/b11-9+. The van der Waals surface area contributed by atoms with Crippen LogP contribution in [0.25, 0.3) is 6.08 Å². The second-order valence-electron chi connectivity index (χ2n) is 4.87. The molecular weight excluding hydrogens is 306 g/mol. The molecule has 2 aromatic carbocycles. The van der Waals surface area contributed by atoms with Gasteiger partial charge in [-0.2, -0.15) is 0 Å². The predicted octanol–water partition coefficient (Wildman–Crippen LogP) is 3.56. The van der Waals surface area contributed by atoms with Crippen molar-refractivity contribution >= 4 is 24.0 Å². The van der Waals surface area contributed by atoms with Crippen molar-refractivity contribution in [1.82, 2.24) is 0 Å². The summed E-state index contributed by atoms with van der Waals surface area (Å²) < 4.78 is 10.7. The van der Waals surface area contributed by atoms with Crippen LogP contribution in [-0.4, -0.2) is 25.9 Å². The molecular formula is C19H19NO4. The van der Waals surface area contributed by atoms with Crippen molar-refractivity contribution < 1.29 is 19.1 Å². The topological polar surface area (TPSA) is 64.6 Å². The molecule has 0 fully saturated rings. The number of methoxy groups -OCH3 is 1. The number of carbonyl (C=O) groups excluding carboxylic acids is 2. The number of anilines is 1. The van der Waals surface area contributed by atoms with E-state index in [1.165, 1.54) is 6.08 Å². The molecule has 0 saturated heterocycles. The van der Waals surface area contributed by atoms with Gasteiger partial charge in [0.15, 0.2) is 17.8 Å². The van der Waals surface area contributed by atoms with Crippen molar-refractivity contribution in [2.75, 3.05) is 19.0 Å². The summed E-state index contributed by atoms with van der Waals surface area (Å²) in [6.45, 7) is 2.41. The van der Waals surface area contributed by atoms with Gasteiger partial charge < -0.3 is 14.8 Å². The maximum atomic E-state index is 12.0. The van der Waals surface area contributed by atoms with Gasteiger partial charge in [-0.05, 0) is 42.8 Å². The van der Waals surface area contributed by atoms with Crippen LogP contribution in [0.3, 0.4) is 0 Å². The molecule has 2 rings (SSSR count). The number of benzene rings is 2. The molecule has 0 aliphatic carbocycles. The van der Waals surface area contributed by atoms with Gasteiger partial charge in [0.25, 0.3) is 0 Å². The van der Waals surface area contributed by atoms with Crippen molar-refractivity contribution in [3.05, 3.63) is 59.7 Å². The second-order valence-corrected chi connectivity index (χ2v) is 4.87. The van der Waals surface area contributed by atoms with Crippen LogP contribution in [0.5, 0.6) is 11.5 Å². The van der Waals surface area contributed by atoms with E-state index in [1.54, 1.807) is 49.6 Å². The Bertz CT molecular complexity index is 753. The van der Waals surface area contributed by atoms with Crippen molar-refractivity contribution in [3.8, 4) is 11.5 Å². The van der Waals surface area contributed by atoms with E-state index < -0.39 is 0 Å². The van der Waals surface area contributed by atoms with Crippen molar-refractivity contribution in [2.24, 2.45) is 0 Å². The molecule has 24 heavy (non-hydrogen) atoms. The average molecular weight is 325 g/mol. The molecule has 0 radical (unpaired) electrons. The van der Waals surface area contributed by atoms with Gasteiger partial charge in [0, 0.05) is 11.6 Å². The smallest absolute Gasteiger partial charge is 0.248 e. The monoisotopic (exact) mass is 325 g/mol. The first-order valence-corrected chi connectivity index (χ1v) is 7.52. The minimum atomic E-state index is -0.321. The van der Waals surface area contributed by atoms with E-state index in [1.807, 2.05) is 13.0 Å². The van der Waals surface area contributed by atoms with E-state index in [0.717, 1.165) is 5.56 Å². The van der Waals surface area contributed by atoms with E-state index in [0.29, 0.717) is 35.6 Å². The Labute approximate surface area is 140 Å². The molecule has 0 saturated carbocycles. The average Bonchev–Trinajstić information content (AvgIpc) is 2.61. The van der Waals surface area contributed by atoms with E-state index in [2.05, 4.69) is 5.32 Å². The summed E-state index contributed by atoms with van der Waals surface area (Å²) in [5.74, 6) is 0.935. The van der Waals surface area contributed by atoms with E-state index in [9.17, 15) is 9.59 Å². The maximum absolute atomic E-state index is 12.0. The molecule has 0 aliphatic heterocycles. The lowest BCUT2D eigenvalue weighted by molar-refractivity contribution is -0.111. The van der Waals surface area contributed by atoms with Crippen molar-refractivity contribution in [2.45, 2.75) is 6.92 Å². The van der Waals surface area contributed by atoms with Crippen LogP contribution in [0.2, 0.25) is 0 Å².